The van der Waals surface area contributed by atoms with Gasteiger partial charge in [0, 0.05) is 24.8 Å². The van der Waals surface area contributed by atoms with Crippen LogP contribution in [0, 0.1) is 5.41 Å². The van der Waals surface area contributed by atoms with Crippen LogP contribution >= 0.6 is 0 Å². The molecule has 68 valence electrons. The summed E-state index contributed by atoms with van der Waals surface area (Å²) < 4.78 is 0. The van der Waals surface area contributed by atoms with Crippen molar-refractivity contribution in [1.82, 2.24) is 0 Å². The van der Waals surface area contributed by atoms with Crippen LogP contribution in [0.2, 0.25) is 0 Å². The van der Waals surface area contributed by atoms with E-state index in [1.807, 2.05) is 12.1 Å². The molecule has 1 aromatic rings. The predicted octanol–water partition coefficient (Wildman–Crippen LogP) is 0.963. The molecule has 0 saturated heterocycles. The van der Waals surface area contributed by atoms with Gasteiger partial charge < -0.3 is 10.6 Å². The van der Waals surface area contributed by atoms with E-state index in [1.54, 1.807) is 0 Å². The molecule has 1 heterocycles. The molecule has 0 spiro atoms. The van der Waals surface area contributed by atoms with Gasteiger partial charge >= 0.3 is 0 Å². The Kier molecular flexibility index (Phi) is 1.72. The van der Waals surface area contributed by atoms with Crippen LogP contribution in [0.25, 0.3) is 0 Å². The highest BCUT2D eigenvalue weighted by Gasteiger charge is 2.15. The molecule has 0 fully saturated rings. The average Bonchev–Trinajstić information content (AvgIpc) is 2.47. The van der Waals surface area contributed by atoms with Crippen molar-refractivity contribution in [3.63, 3.8) is 0 Å². The smallest absolute Gasteiger partial charge is 0.122 e. The molecule has 1 aromatic carbocycles. The summed E-state index contributed by atoms with van der Waals surface area (Å²) in [7, 11) is 2.07. The Morgan fingerprint density at radius 2 is 2.31 bits per heavy atom. The Balaban J connectivity index is 2.47. The number of benzene rings is 1. The van der Waals surface area contributed by atoms with E-state index < -0.39 is 0 Å². The molecule has 3 heteroatoms. The van der Waals surface area contributed by atoms with Gasteiger partial charge in [0.25, 0.3) is 0 Å². The molecule has 0 saturated carbocycles. The van der Waals surface area contributed by atoms with Gasteiger partial charge in [-0.25, -0.2) is 0 Å². The maximum Gasteiger partial charge on any atom is 0.122 e. The summed E-state index contributed by atoms with van der Waals surface area (Å²) in [5.41, 5.74) is 8.80. The standard InChI is InChI=1S/C10H13N3/c1-13-5-4-7-2-3-8(10(11)12)6-9(7)13/h2-3,6H,4-5H2,1H3,(H3,11,12). The molecule has 0 amide bonds. The summed E-state index contributed by atoms with van der Waals surface area (Å²) in [6, 6.07) is 5.97. The third-order valence-corrected chi connectivity index (χ3v) is 2.52. The van der Waals surface area contributed by atoms with Gasteiger partial charge in [0.2, 0.25) is 0 Å². The number of fused-ring (bicyclic) bond motifs is 1. The normalized spacial score (nSPS) is 14.4. The summed E-state index contributed by atoms with van der Waals surface area (Å²) in [5, 5.41) is 7.32. The predicted molar refractivity (Wildman–Crippen MR) is 54.4 cm³/mol. The number of hydrogen-bond acceptors (Lipinski definition) is 2. The SMILES string of the molecule is CN1CCc2ccc(C(=N)N)cc21. The summed E-state index contributed by atoms with van der Waals surface area (Å²) in [5.74, 6) is 0.142. The first kappa shape index (κ1) is 8.10. The molecule has 0 aromatic heterocycles. The van der Waals surface area contributed by atoms with Crippen molar-refractivity contribution in [3.05, 3.63) is 29.3 Å². The topological polar surface area (TPSA) is 53.1 Å². The Labute approximate surface area is 77.7 Å². The first-order valence-electron chi connectivity index (χ1n) is 4.37. The summed E-state index contributed by atoms with van der Waals surface area (Å²) in [6.07, 6.45) is 1.10. The van der Waals surface area contributed by atoms with E-state index in [4.69, 9.17) is 11.1 Å². The minimum absolute atomic E-state index is 0.142. The summed E-state index contributed by atoms with van der Waals surface area (Å²) in [4.78, 5) is 2.20. The fourth-order valence-corrected chi connectivity index (χ4v) is 1.71. The molecule has 1 aliphatic heterocycles. The van der Waals surface area contributed by atoms with Crippen LogP contribution in [-0.4, -0.2) is 19.4 Å². The van der Waals surface area contributed by atoms with Gasteiger partial charge in [-0.15, -0.1) is 0 Å². The molecule has 0 aliphatic carbocycles. The zero-order valence-corrected chi connectivity index (χ0v) is 7.67. The highest BCUT2D eigenvalue weighted by Crippen LogP contribution is 2.27. The van der Waals surface area contributed by atoms with Crippen LogP contribution in [-0.2, 0) is 6.42 Å². The fourth-order valence-electron chi connectivity index (χ4n) is 1.71. The summed E-state index contributed by atoms with van der Waals surface area (Å²) in [6.45, 7) is 1.07. The number of likely N-dealkylation sites (N-methyl/N-ethyl adjacent to an activating group) is 1. The second-order valence-corrected chi connectivity index (χ2v) is 3.43. The summed E-state index contributed by atoms with van der Waals surface area (Å²) >= 11 is 0. The number of nitrogens with two attached hydrogens (primary N) is 1. The molecule has 0 bridgehead atoms. The first-order chi connectivity index (χ1) is 6.18. The van der Waals surface area contributed by atoms with Crippen molar-refractivity contribution in [2.24, 2.45) is 5.73 Å². The van der Waals surface area contributed by atoms with E-state index in [2.05, 4.69) is 18.0 Å². The number of hydrogen-bond donors (Lipinski definition) is 2. The van der Waals surface area contributed by atoms with E-state index in [0.29, 0.717) is 0 Å². The highest BCUT2D eigenvalue weighted by molar-refractivity contribution is 5.96. The fraction of sp³-hybridized carbons (Fsp3) is 0.300. The van der Waals surface area contributed by atoms with Gasteiger partial charge in [-0.3, -0.25) is 5.41 Å². The lowest BCUT2D eigenvalue weighted by Crippen LogP contribution is -2.14. The quantitative estimate of drug-likeness (QED) is 0.493. The third kappa shape index (κ3) is 1.26. The van der Waals surface area contributed by atoms with E-state index >= 15 is 0 Å². The van der Waals surface area contributed by atoms with Crippen molar-refractivity contribution < 1.29 is 0 Å². The number of nitrogens with zero attached hydrogens (tertiary/aromatic N) is 1. The maximum absolute atomic E-state index is 7.32. The zero-order chi connectivity index (χ0) is 9.42. The van der Waals surface area contributed by atoms with Crippen LogP contribution < -0.4 is 10.6 Å². The average molecular weight is 175 g/mol. The Morgan fingerprint density at radius 3 is 3.00 bits per heavy atom. The molecule has 3 N–H and O–H groups in total. The molecule has 0 atom stereocenters. The Bertz CT molecular complexity index is 357. The number of anilines is 1. The highest BCUT2D eigenvalue weighted by atomic mass is 15.1. The molecule has 1 aliphatic rings. The van der Waals surface area contributed by atoms with Crippen molar-refractivity contribution in [2.45, 2.75) is 6.42 Å². The minimum atomic E-state index is 0.142. The molecule has 3 nitrogen and oxygen atoms in total. The van der Waals surface area contributed by atoms with Crippen molar-refractivity contribution >= 4 is 11.5 Å². The van der Waals surface area contributed by atoms with Crippen LogP contribution in [0.5, 0.6) is 0 Å². The molecule has 13 heavy (non-hydrogen) atoms. The Morgan fingerprint density at radius 1 is 1.54 bits per heavy atom. The van der Waals surface area contributed by atoms with Crippen molar-refractivity contribution in [3.8, 4) is 0 Å². The van der Waals surface area contributed by atoms with Gasteiger partial charge in [0.15, 0.2) is 0 Å². The van der Waals surface area contributed by atoms with Crippen LogP contribution in [0.1, 0.15) is 11.1 Å². The lowest BCUT2D eigenvalue weighted by Gasteiger charge is -2.12. The van der Waals surface area contributed by atoms with Crippen LogP contribution in [0.15, 0.2) is 18.2 Å². The number of nitrogen functional groups attached to an aromatic ring is 1. The van der Waals surface area contributed by atoms with Crippen molar-refractivity contribution in [2.75, 3.05) is 18.5 Å². The van der Waals surface area contributed by atoms with Gasteiger partial charge in [0.05, 0.1) is 0 Å². The molecular formula is C10H13N3. The lowest BCUT2D eigenvalue weighted by atomic mass is 10.1. The largest absolute Gasteiger partial charge is 0.384 e. The van der Waals surface area contributed by atoms with Crippen LogP contribution in [0.4, 0.5) is 5.69 Å². The van der Waals surface area contributed by atoms with E-state index in [1.165, 1.54) is 11.3 Å². The maximum atomic E-state index is 7.32. The van der Waals surface area contributed by atoms with Gasteiger partial charge in [-0.05, 0) is 18.1 Å². The molecule has 2 rings (SSSR count). The Hall–Kier alpha value is -1.51. The second kappa shape index (κ2) is 2.76. The molecular weight excluding hydrogens is 162 g/mol. The number of amidine groups is 1. The van der Waals surface area contributed by atoms with E-state index in [0.717, 1.165) is 18.5 Å². The van der Waals surface area contributed by atoms with Crippen molar-refractivity contribution in [1.29, 1.82) is 5.41 Å². The van der Waals surface area contributed by atoms with E-state index in [9.17, 15) is 0 Å². The van der Waals surface area contributed by atoms with Gasteiger partial charge in [0.1, 0.15) is 5.84 Å². The van der Waals surface area contributed by atoms with Gasteiger partial charge in [-0.1, -0.05) is 12.1 Å². The van der Waals surface area contributed by atoms with E-state index in [-0.39, 0.29) is 5.84 Å². The number of rotatable bonds is 1. The third-order valence-electron chi connectivity index (χ3n) is 2.52. The minimum Gasteiger partial charge on any atom is -0.384 e. The van der Waals surface area contributed by atoms with Crippen LogP contribution in [0.3, 0.4) is 0 Å². The monoisotopic (exact) mass is 175 g/mol. The zero-order valence-electron chi connectivity index (χ0n) is 7.67. The molecule has 0 radical (unpaired) electrons. The van der Waals surface area contributed by atoms with Gasteiger partial charge in [-0.2, -0.15) is 0 Å². The number of nitrogens with one attached hydrogen (secondary N) is 1. The second-order valence-electron chi connectivity index (χ2n) is 3.43. The lowest BCUT2D eigenvalue weighted by molar-refractivity contribution is 0.956. The molecule has 0 unspecified atom stereocenters. The first-order valence-corrected chi connectivity index (χ1v) is 4.37.